The van der Waals surface area contributed by atoms with Crippen molar-refractivity contribution in [2.45, 2.75) is 20.4 Å². The van der Waals surface area contributed by atoms with Gasteiger partial charge in [-0.2, -0.15) is 10.1 Å². The van der Waals surface area contributed by atoms with Gasteiger partial charge in [-0.15, -0.1) is 0 Å². The van der Waals surface area contributed by atoms with E-state index in [9.17, 15) is 0 Å². The molecule has 1 aromatic carbocycles. The summed E-state index contributed by atoms with van der Waals surface area (Å²) in [5.74, 6) is 1.06. The first-order chi connectivity index (χ1) is 10.1. The Bertz CT molecular complexity index is 770. The molecule has 0 unspecified atom stereocenters. The maximum atomic E-state index is 5.60. The van der Waals surface area contributed by atoms with Gasteiger partial charge in [0.05, 0.1) is 11.3 Å². The number of nitrogens with two attached hydrogens (primary N) is 1. The maximum absolute atomic E-state index is 5.60. The molecule has 0 aliphatic heterocycles. The highest BCUT2D eigenvalue weighted by atomic mass is 16.5. The monoisotopic (exact) mass is 283 g/mol. The second-order valence-corrected chi connectivity index (χ2v) is 4.99. The smallest absolute Gasteiger partial charge is 0.261 e. The molecule has 0 amide bonds. The van der Waals surface area contributed by atoms with Crippen LogP contribution in [0.25, 0.3) is 22.8 Å². The van der Waals surface area contributed by atoms with Crippen LogP contribution in [0.1, 0.15) is 17.0 Å². The number of hydrogen-bond donors (Lipinski definition) is 1. The van der Waals surface area contributed by atoms with Gasteiger partial charge in [-0.3, -0.25) is 4.68 Å². The summed E-state index contributed by atoms with van der Waals surface area (Å²) in [5, 5.41) is 8.42. The molecule has 0 saturated heterocycles. The normalized spacial score (nSPS) is 11.0. The largest absolute Gasteiger partial charge is 0.333 e. The summed E-state index contributed by atoms with van der Waals surface area (Å²) in [6.45, 7) is 4.43. The molecule has 0 saturated carbocycles. The van der Waals surface area contributed by atoms with Gasteiger partial charge in [-0.05, 0) is 19.4 Å². The molecular weight excluding hydrogens is 266 g/mol. The van der Waals surface area contributed by atoms with Crippen LogP contribution in [0.4, 0.5) is 0 Å². The quantitative estimate of drug-likeness (QED) is 0.796. The molecule has 0 atom stereocenters. The minimum atomic E-state index is 0.496. The predicted octanol–water partition coefficient (Wildman–Crippen LogP) is 2.21. The van der Waals surface area contributed by atoms with Crippen LogP contribution in [0.3, 0.4) is 0 Å². The summed E-state index contributed by atoms with van der Waals surface area (Å²) < 4.78 is 7.21. The van der Waals surface area contributed by atoms with E-state index in [2.05, 4.69) is 15.2 Å². The summed E-state index contributed by atoms with van der Waals surface area (Å²) in [6, 6.07) is 7.82. The van der Waals surface area contributed by atoms with Crippen molar-refractivity contribution >= 4 is 0 Å². The Morgan fingerprint density at radius 2 is 1.90 bits per heavy atom. The van der Waals surface area contributed by atoms with Crippen molar-refractivity contribution in [3.8, 4) is 22.8 Å². The molecule has 0 aliphatic rings. The Morgan fingerprint density at radius 1 is 1.19 bits per heavy atom. The summed E-state index contributed by atoms with van der Waals surface area (Å²) in [5.41, 5.74) is 10.3. The van der Waals surface area contributed by atoms with Gasteiger partial charge in [-0.25, -0.2) is 0 Å². The van der Waals surface area contributed by atoms with Crippen molar-refractivity contribution in [3.05, 3.63) is 41.2 Å². The van der Waals surface area contributed by atoms with Crippen LogP contribution in [0, 0.1) is 13.8 Å². The predicted molar refractivity (Wildman–Crippen MR) is 79.3 cm³/mol. The van der Waals surface area contributed by atoms with Crippen molar-refractivity contribution in [1.29, 1.82) is 0 Å². The minimum absolute atomic E-state index is 0.496. The average Bonchev–Trinajstić information content (AvgIpc) is 3.05. The van der Waals surface area contributed by atoms with E-state index in [1.807, 2.05) is 49.8 Å². The fourth-order valence-electron chi connectivity index (χ4n) is 2.32. The maximum Gasteiger partial charge on any atom is 0.261 e. The zero-order valence-corrected chi connectivity index (χ0v) is 12.3. The van der Waals surface area contributed by atoms with Gasteiger partial charge in [0.15, 0.2) is 0 Å². The SMILES string of the molecule is Cc1nn(C)c(C)c1-c1nc(-c2ccc(CN)cc2)no1. The molecule has 2 aromatic heterocycles. The molecule has 2 heterocycles. The summed E-state index contributed by atoms with van der Waals surface area (Å²) >= 11 is 0. The van der Waals surface area contributed by atoms with Gasteiger partial charge in [0.2, 0.25) is 5.82 Å². The standard InChI is InChI=1S/C15H17N5O/c1-9-13(10(2)20(3)18-9)15-17-14(19-21-15)12-6-4-11(8-16)5-7-12/h4-7H,8,16H2,1-3H3. The molecule has 0 bridgehead atoms. The molecule has 21 heavy (non-hydrogen) atoms. The molecule has 6 heteroatoms. The molecule has 6 nitrogen and oxygen atoms in total. The van der Waals surface area contributed by atoms with Crippen LogP contribution >= 0.6 is 0 Å². The lowest BCUT2D eigenvalue weighted by Crippen LogP contribution is -1.95. The molecule has 108 valence electrons. The van der Waals surface area contributed by atoms with E-state index >= 15 is 0 Å². The second-order valence-electron chi connectivity index (χ2n) is 4.99. The van der Waals surface area contributed by atoms with Gasteiger partial charge in [0, 0.05) is 24.8 Å². The molecule has 0 fully saturated rings. The van der Waals surface area contributed by atoms with Gasteiger partial charge < -0.3 is 10.3 Å². The second kappa shape index (κ2) is 5.14. The fourth-order valence-corrected chi connectivity index (χ4v) is 2.32. The Labute approximate surface area is 122 Å². The van der Waals surface area contributed by atoms with Crippen LogP contribution in [0.2, 0.25) is 0 Å². The molecule has 0 spiro atoms. The highest BCUT2D eigenvalue weighted by Gasteiger charge is 2.18. The van der Waals surface area contributed by atoms with E-state index < -0.39 is 0 Å². The third-order valence-corrected chi connectivity index (χ3v) is 3.60. The van der Waals surface area contributed by atoms with Crippen molar-refractivity contribution in [3.63, 3.8) is 0 Å². The van der Waals surface area contributed by atoms with E-state index in [4.69, 9.17) is 10.3 Å². The number of aromatic nitrogens is 4. The van der Waals surface area contributed by atoms with Crippen LogP contribution < -0.4 is 5.73 Å². The van der Waals surface area contributed by atoms with E-state index in [0.29, 0.717) is 18.3 Å². The van der Waals surface area contributed by atoms with Gasteiger partial charge in [0.1, 0.15) is 0 Å². The first-order valence-electron chi connectivity index (χ1n) is 6.74. The third kappa shape index (κ3) is 2.34. The van der Waals surface area contributed by atoms with Crippen LogP contribution in [-0.4, -0.2) is 19.9 Å². The van der Waals surface area contributed by atoms with Crippen molar-refractivity contribution < 1.29 is 4.52 Å². The third-order valence-electron chi connectivity index (χ3n) is 3.60. The molecular formula is C15H17N5O. The summed E-state index contributed by atoms with van der Waals surface area (Å²) in [7, 11) is 1.90. The molecule has 3 aromatic rings. The Kier molecular flexibility index (Phi) is 3.31. The lowest BCUT2D eigenvalue weighted by Gasteiger charge is -1.97. The first kappa shape index (κ1) is 13.5. The Morgan fingerprint density at radius 3 is 2.48 bits per heavy atom. The highest BCUT2D eigenvalue weighted by Crippen LogP contribution is 2.27. The zero-order valence-electron chi connectivity index (χ0n) is 12.3. The van der Waals surface area contributed by atoms with Crippen LogP contribution in [0.5, 0.6) is 0 Å². The number of rotatable bonds is 3. The fraction of sp³-hybridized carbons (Fsp3) is 0.267. The van der Waals surface area contributed by atoms with Crippen molar-refractivity contribution in [2.24, 2.45) is 12.8 Å². The van der Waals surface area contributed by atoms with Crippen LogP contribution in [0.15, 0.2) is 28.8 Å². The van der Waals surface area contributed by atoms with E-state index in [0.717, 1.165) is 28.1 Å². The Balaban J connectivity index is 1.99. The van der Waals surface area contributed by atoms with Gasteiger partial charge in [0.25, 0.3) is 5.89 Å². The zero-order chi connectivity index (χ0) is 15.0. The van der Waals surface area contributed by atoms with Crippen molar-refractivity contribution in [1.82, 2.24) is 19.9 Å². The molecule has 0 aliphatic carbocycles. The van der Waals surface area contributed by atoms with Gasteiger partial charge >= 0.3 is 0 Å². The number of aryl methyl sites for hydroxylation is 2. The van der Waals surface area contributed by atoms with E-state index in [1.54, 1.807) is 0 Å². The number of nitrogens with zero attached hydrogens (tertiary/aromatic N) is 4. The van der Waals surface area contributed by atoms with Crippen molar-refractivity contribution in [2.75, 3.05) is 0 Å². The number of benzene rings is 1. The lowest BCUT2D eigenvalue weighted by atomic mass is 10.1. The van der Waals surface area contributed by atoms with Gasteiger partial charge in [-0.1, -0.05) is 29.4 Å². The average molecular weight is 283 g/mol. The summed E-state index contributed by atoms with van der Waals surface area (Å²) in [6.07, 6.45) is 0. The van der Waals surface area contributed by atoms with E-state index in [-0.39, 0.29) is 0 Å². The minimum Gasteiger partial charge on any atom is -0.333 e. The summed E-state index contributed by atoms with van der Waals surface area (Å²) in [4.78, 5) is 4.48. The lowest BCUT2D eigenvalue weighted by molar-refractivity contribution is 0.432. The number of hydrogen-bond acceptors (Lipinski definition) is 5. The topological polar surface area (TPSA) is 82.8 Å². The van der Waals surface area contributed by atoms with Crippen LogP contribution in [-0.2, 0) is 13.6 Å². The molecule has 0 radical (unpaired) electrons. The Hall–Kier alpha value is -2.47. The highest BCUT2D eigenvalue weighted by molar-refractivity contribution is 5.63. The first-order valence-corrected chi connectivity index (χ1v) is 6.74. The van der Waals surface area contributed by atoms with E-state index in [1.165, 1.54) is 0 Å². The molecule has 3 rings (SSSR count). The molecule has 2 N–H and O–H groups in total.